The molecule has 1 unspecified atom stereocenters. The maximum Gasteiger partial charge on any atom is 0.253 e. The van der Waals surface area contributed by atoms with Crippen LogP contribution >= 0.6 is 0 Å². The number of H-pyrrole nitrogens is 1. The van der Waals surface area contributed by atoms with Gasteiger partial charge in [0.1, 0.15) is 11.9 Å². The molecule has 0 saturated carbocycles. The minimum absolute atomic E-state index is 0.0896. The predicted octanol–water partition coefficient (Wildman–Crippen LogP) is 5.09. The standard InChI is InChI=1S/C26H30N2O3/c1-17(2)14-24(31-22-8-6-5-7-9-22)20-10-12-21(13-11-20)25(29)27-16-23-18(3)15-19(4)28-26(23)30/h5-13,15,17,24H,14,16H2,1-4H3,(H,27,29)(H,28,30). The fourth-order valence-electron chi connectivity index (χ4n) is 3.56. The molecule has 2 N–H and O–H groups in total. The largest absolute Gasteiger partial charge is 0.486 e. The zero-order chi connectivity index (χ0) is 22.4. The normalized spacial score (nSPS) is 11.9. The van der Waals surface area contributed by atoms with Gasteiger partial charge in [0.25, 0.3) is 11.5 Å². The highest BCUT2D eigenvalue weighted by Gasteiger charge is 2.17. The summed E-state index contributed by atoms with van der Waals surface area (Å²) in [7, 11) is 0. The Morgan fingerprint density at radius 2 is 1.71 bits per heavy atom. The molecule has 0 aliphatic heterocycles. The van der Waals surface area contributed by atoms with E-state index in [2.05, 4.69) is 24.1 Å². The van der Waals surface area contributed by atoms with E-state index in [9.17, 15) is 9.59 Å². The van der Waals surface area contributed by atoms with Gasteiger partial charge in [-0.2, -0.15) is 0 Å². The second-order valence-corrected chi connectivity index (χ2v) is 8.30. The minimum atomic E-state index is -0.213. The van der Waals surface area contributed by atoms with Crippen LogP contribution in [0.3, 0.4) is 0 Å². The number of benzene rings is 2. The van der Waals surface area contributed by atoms with E-state index in [0.29, 0.717) is 17.0 Å². The lowest BCUT2D eigenvalue weighted by molar-refractivity contribution is 0.0950. The monoisotopic (exact) mass is 418 g/mol. The predicted molar refractivity (Wildman–Crippen MR) is 123 cm³/mol. The van der Waals surface area contributed by atoms with Crippen LogP contribution < -0.4 is 15.6 Å². The molecule has 3 rings (SSSR count). The van der Waals surface area contributed by atoms with Gasteiger partial charge in [0.15, 0.2) is 0 Å². The van der Waals surface area contributed by atoms with Crippen molar-refractivity contribution in [1.82, 2.24) is 10.3 Å². The number of aromatic amines is 1. The molecule has 0 saturated heterocycles. The maximum atomic E-state index is 12.6. The highest BCUT2D eigenvalue weighted by atomic mass is 16.5. The van der Waals surface area contributed by atoms with E-state index in [4.69, 9.17) is 4.74 Å². The second-order valence-electron chi connectivity index (χ2n) is 8.30. The van der Waals surface area contributed by atoms with Crippen LogP contribution in [0.2, 0.25) is 0 Å². The number of pyridine rings is 1. The molecular formula is C26H30N2O3. The average Bonchev–Trinajstić information content (AvgIpc) is 2.73. The van der Waals surface area contributed by atoms with Crippen molar-refractivity contribution in [2.75, 3.05) is 0 Å². The van der Waals surface area contributed by atoms with Gasteiger partial charge in [0.2, 0.25) is 0 Å². The number of nitrogens with one attached hydrogen (secondary N) is 2. The molecule has 0 radical (unpaired) electrons. The average molecular weight is 419 g/mol. The highest BCUT2D eigenvalue weighted by molar-refractivity contribution is 5.94. The summed E-state index contributed by atoms with van der Waals surface area (Å²) < 4.78 is 6.21. The van der Waals surface area contributed by atoms with Crippen LogP contribution in [0.15, 0.2) is 65.5 Å². The Kier molecular flexibility index (Phi) is 7.29. The molecule has 31 heavy (non-hydrogen) atoms. The Balaban J connectivity index is 1.70. The lowest BCUT2D eigenvalue weighted by atomic mass is 9.98. The molecule has 0 aliphatic rings. The Morgan fingerprint density at radius 1 is 1.03 bits per heavy atom. The molecule has 1 atom stereocenters. The number of rotatable bonds is 8. The lowest BCUT2D eigenvalue weighted by Gasteiger charge is -2.21. The summed E-state index contributed by atoms with van der Waals surface area (Å²) in [5, 5.41) is 2.85. The van der Waals surface area contributed by atoms with Crippen molar-refractivity contribution < 1.29 is 9.53 Å². The van der Waals surface area contributed by atoms with Crippen molar-refractivity contribution in [3.05, 3.63) is 99.0 Å². The summed E-state index contributed by atoms with van der Waals surface area (Å²) in [6, 6.07) is 19.2. The lowest BCUT2D eigenvalue weighted by Crippen LogP contribution is -2.28. The first kappa shape index (κ1) is 22.3. The van der Waals surface area contributed by atoms with E-state index >= 15 is 0 Å². The summed E-state index contributed by atoms with van der Waals surface area (Å²) in [4.78, 5) is 27.5. The van der Waals surface area contributed by atoms with Gasteiger partial charge in [-0.1, -0.05) is 44.2 Å². The van der Waals surface area contributed by atoms with Gasteiger partial charge < -0.3 is 15.0 Å². The number of aryl methyl sites for hydroxylation is 2. The number of hydrogen-bond acceptors (Lipinski definition) is 3. The van der Waals surface area contributed by atoms with Crippen LogP contribution in [-0.2, 0) is 6.54 Å². The number of amides is 1. The first-order chi connectivity index (χ1) is 14.8. The summed E-state index contributed by atoms with van der Waals surface area (Å²) >= 11 is 0. The Labute approximate surface area is 183 Å². The van der Waals surface area contributed by atoms with Crippen molar-refractivity contribution in [3.63, 3.8) is 0 Å². The van der Waals surface area contributed by atoms with E-state index in [1.54, 1.807) is 12.1 Å². The van der Waals surface area contributed by atoms with E-state index < -0.39 is 0 Å². The van der Waals surface area contributed by atoms with Gasteiger partial charge in [-0.15, -0.1) is 0 Å². The summed E-state index contributed by atoms with van der Waals surface area (Å²) in [5.74, 6) is 1.08. The molecule has 1 aromatic heterocycles. The number of para-hydroxylation sites is 1. The van der Waals surface area contributed by atoms with E-state index in [0.717, 1.165) is 29.0 Å². The van der Waals surface area contributed by atoms with Gasteiger partial charge in [-0.05, 0) is 67.6 Å². The topological polar surface area (TPSA) is 71.2 Å². The number of carbonyl (C=O) groups excluding carboxylic acids is 1. The molecule has 0 fully saturated rings. The van der Waals surface area contributed by atoms with Gasteiger partial charge in [-0.3, -0.25) is 9.59 Å². The molecule has 1 amide bonds. The third-order valence-corrected chi connectivity index (χ3v) is 5.17. The fourth-order valence-corrected chi connectivity index (χ4v) is 3.56. The van der Waals surface area contributed by atoms with Crippen LogP contribution in [0, 0.1) is 19.8 Å². The Hall–Kier alpha value is -3.34. The van der Waals surface area contributed by atoms with Crippen LogP contribution in [0.1, 0.15) is 59.1 Å². The zero-order valence-corrected chi connectivity index (χ0v) is 18.6. The molecule has 0 aliphatic carbocycles. The Bertz CT molecular complexity index is 1070. The molecule has 3 aromatic rings. The summed E-state index contributed by atoms with van der Waals surface area (Å²) in [6.45, 7) is 8.23. The van der Waals surface area contributed by atoms with Crippen LogP contribution in [-0.4, -0.2) is 10.9 Å². The van der Waals surface area contributed by atoms with Crippen molar-refractivity contribution in [2.24, 2.45) is 5.92 Å². The first-order valence-electron chi connectivity index (χ1n) is 10.6. The minimum Gasteiger partial charge on any atom is -0.486 e. The molecule has 0 spiro atoms. The molecule has 162 valence electrons. The van der Waals surface area contributed by atoms with Gasteiger partial charge in [0, 0.05) is 23.4 Å². The molecular weight excluding hydrogens is 388 g/mol. The quantitative estimate of drug-likeness (QED) is 0.535. The molecule has 5 nitrogen and oxygen atoms in total. The number of hydrogen-bond donors (Lipinski definition) is 2. The van der Waals surface area contributed by atoms with Crippen LogP contribution in [0.5, 0.6) is 5.75 Å². The molecule has 2 aromatic carbocycles. The first-order valence-corrected chi connectivity index (χ1v) is 10.6. The van der Waals surface area contributed by atoms with Crippen molar-refractivity contribution in [1.29, 1.82) is 0 Å². The molecule has 1 heterocycles. The number of carbonyl (C=O) groups is 1. The molecule has 0 bridgehead atoms. The van der Waals surface area contributed by atoms with Crippen molar-refractivity contribution in [2.45, 2.75) is 46.8 Å². The summed E-state index contributed by atoms with van der Waals surface area (Å²) in [6.07, 6.45) is 0.781. The van der Waals surface area contributed by atoms with Gasteiger partial charge >= 0.3 is 0 Å². The van der Waals surface area contributed by atoms with Crippen LogP contribution in [0.25, 0.3) is 0 Å². The fraction of sp³-hybridized carbons (Fsp3) is 0.308. The Morgan fingerprint density at radius 3 is 2.32 bits per heavy atom. The van der Waals surface area contributed by atoms with Gasteiger partial charge in [-0.25, -0.2) is 0 Å². The van der Waals surface area contributed by atoms with Crippen molar-refractivity contribution in [3.8, 4) is 5.75 Å². The SMILES string of the molecule is Cc1cc(C)c(CNC(=O)c2ccc(C(CC(C)C)Oc3ccccc3)cc2)c(=O)[nH]1. The molecule has 5 heteroatoms. The third kappa shape index (κ3) is 6.07. The third-order valence-electron chi connectivity index (χ3n) is 5.17. The van der Waals surface area contributed by atoms with Crippen molar-refractivity contribution >= 4 is 5.91 Å². The highest BCUT2D eigenvalue weighted by Crippen LogP contribution is 2.28. The van der Waals surface area contributed by atoms with Gasteiger partial charge in [0.05, 0.1) is 0 Å². The number of aromatic nitrogens is 1. The van der Waals surface area contributed by atoms with Crippen LogP contribution in [0.4, 0.5) is 0 Å². The summed E-state index contributed by atoms with van der Waals surface area (Å²) in [5.41, 5.74) is 3.66. The zero-order valence-electron chi connectivity index (χ0n) is 18.6. The van der Waals surface area contributed by atoms with E-state index in [1.807, 2.05) is 62.4 Å². The maximum absolute atomic E-state index is 12.6. The van der Waals surface area contributed by atoms with E-state index in [1.165, 1.54) is 0 Å². The van der Waals surface area contributed by atoms with E-state index in [-0.39, 0.29) is 24.1 Å². The second kappa shape index (κ2) is 10.1. The smallest absolute Gasteiger partial charge is 0.253 e. The number of ether oxygens (including phenoxy) is 1.